The van der Waals surface area contributed by atoms with Crippen molar-refractivity contribution in [2.75, 3.05) is 18.4 Å². The summed E-state index contributed by atoms with van der Waals surface area (Å²) in [6.07, 6.45) is 0.886. The number of nitrogens with zero attached hydrogens (tertiary/aromatic N) is 1. The molecule has 0 saturated heterocycles. The minimum absolute atomic E-state index is 0.0121. The number of nitrogens with one attached hydrogen (secondary N) is 2. The first kappa shape index (κ1) is 18.9. The average Bonchev–Trinajstić information content (AvgIpc) is 3.45. The molecule has 2 rings (SSSR count). The van der Waals surface area contributed by atoms with Crippen molar-refractivity contribution in [2.24, 2.45) is 5.92 Å². The van der Waals surface area contributed by atoms with Gasteiger partial charge in [0.25, 0.3) is 11.8 Å². The van der Waals surface area contributed by atoms with Gasteiger partial charge in [-0.2, -0.15) is 0 Å². The first-order chi connectivity index (χ1) is 12.0. The molecule has 25 heavy (non-hydrogen) atoms. The average molecular weight is 347 g/mol. The highest BCUT2D eigenvalue weighted by molar-refractivity contribution is 5.98. The molecule has 136 valence electrons. The van der Waals surface area contributed by atoms with Crippen LogP contribution in [0.1, 0.15) is 44.0 Å². The van der Waals surface area contributed by atoms with Gasteiger partial charge in [0.2, 0.25) is 5.91 Å². The summed E-state index contributed by atoms with van der Waals surface area (Å²) < 4.78 is 0. The van der Waals surface area contributed by atoms with Crippen molar-refractivity contribution >= 4 is 23.4 Å². The zero-order valence-corrected chi connectivity index (χ0v) is 14.9. The van der Waals surface area contributed by atoms with Crippen LogP contribution in [-0.4, -0.2) is 41.8 Å². The number of hydrogen-bond acceptors (Lipinski definition) is 4. The molecule has 0 radical (unpaired) electrons. The Morgan fingerprint density at radius 2 is 1.92 bits per heavy atom. The summed E-state index contributed by atoms with van der Waals surface area (Å²) in [5.74, 6) is -0.657. The second kappa shape index (κ2) is 8.62. The largest absolute Gasteiger partial charge is 0.339 e. The molecule has 0 aromatic heterocycles. The summed E-state index contributed by atoms with van der Waals surface area (Å²) in [5, 5.41) is 2.69. The summed E-state index contributed by atoms with van der Waals surface area (Å²) in [5.41, 5.74) is 3.33. The number of benzene rings is 1. The summed E-state index contributed by atoms with van der Waals surface area (Å²) in [7, 11) is 0. The Labute approximate surface area is 147 Å². The zero-order chi connectivity index (χ0) is 18.4. The minimum atomic E-state index is -0.843. The molecule has 3 amide bonds. The quantitative estimate of drug-likeness (QED) is 0.704. The van der Waals surface area contributed by atoms with Crippen molar-refractivity contribution < 1.29 is 19.2 Å². The van der Waals surface area contributed by atoms with Gasteiger partial charge < -0.3 is 10.2 Å². The molecule has 1 saturated carbocycles. The molecule has 0 heterocycles. The third-order valence-electron chi connectivity index (χ3n) is 4.08. The molecule has 0 bridgehead atoms. The number of rotatable bonds is 8. The van der Waals surface area contributed by atoms with Crippen molar-refractivity contribution in [1.29, 1.82) is 0 Å². The van der Waals surface area contributed by atoms with Gasteiger partial charge >= 0.3 is 0 Å². The second-order valence-corrected chi connectivity index (χ2v) is 6.05. The molecule has 7 nitrogen and oxygen atoms in total. The lowest BCUT2D eigenvalue weighted by Gasteiger charge is -2.19. The van der Waals surface area contributed by atoms with Gasteiger partial charge in [-0.25, -0.2) is 5.48 Å². The SMILES string of the molecule is CCN(CC)C(=O)c1cccc(NC(=O)C(C)ONC(=O)C2CC2)c1. The number of carbonyl (C=O) groups excluding carboxylic acids is 3. The molecule has 0 aliphatic heterocycles. The summed E-state index contributed by atoms with van der Waals surface area (Å²) in [4.78, 5) is 42.9. The molecule has 1 aliphatic rings. The number of carbonyl (C=O) groups is 3. The van der Waals surface area contributed by atoms with Crippen LogP contribution in [-0.2, 0) is 14.4 Å². The van der Waals surface area contributed by atoms with Gasteiger partial charge in [-0.3, -0.25) is 19.2 Å². The van der Waals surface area contributed by atoms with E-state index in [1.165, 1.54) is 0 Å². The minimum Gasteiger partial charge on any atom is -0.339 e. The van der Waals surface area contributed by atoms with E-state index in [4.69, 9.17) is 4.84 Å². The molecule has 1 aromatic carbocycles. The van der Waals surface area contributed by atoms with Gasteiger partial charge in [-0.1, -0.05) is 6.07 Å². The zero-order valence-electron chi connectivity index (χ0n) is 14.9. The Bertz CT molecular complexity index is 639. The van der Waals surface area contributed by atoms with E-state index < -0.39 is 12.0 Å². The van der Waals surface area contributed by atoms with Crippen LogP contribution in [0.2, 0.25) is 0 Å². The molecular formula is C18H25N3O4. The highest BCUT2D eigenvalue weighted by atomic mass is 16.7. The van der Waals surface area contributed by atoms with Crippen LogP contribution in [0.4, 0.5) is 5.69 Å². The molecule has 1 aliphatic carbocycles. The molecule has 1 unspecified atom stereocenters. The molecule has 0 spiro atoms. The van der Waals surface area contributed by atoms with Gasteiger partial charge in [0.1, 0.15) is 0 Å². The number of hydrogen-bond donors (Lipinski definition) is 2. The standard InChI is InChI=1S/C18H25N3O4/c1-4-21(5-2)18(24)14-7-6-8-15(11-14)19-16(22)12(3)25-20-17(23)13-9-10-13/h6-8,11-13H,4-5,9-10H2,1-3H3,(H,19,22)(H,20,23). The summed E-state index contributed by atoms with van der Waals surface area (Å²) >= 11 is 0. The van der Waals surface area contributed by atoms with E-state index >= 15 is 0 Å². The predicted molar refractivity (Wildman–Crippen MR) is 93.7 cm³/mol. The van der Waals surface area contributed by atoms with E-state index in [0.29, 0.717) is 24.3 Å². The Hall–Kier alpha value is -2.41. The molecule has 1 fully saturated rings. The van der Waals surface area contributed by atoms with Crippen LogP contribution in [0.3, 0.4) is 0 Å². The summed E-state index contributed by atoms with van der Waals surface area (Å²) in [6.45, 7) is 6.63. The second-order valence-electron chi connectivity index (χ2n) is 6.05. The van der Waals surface area contributed by atoms with Gasteiger partial charge in [0, 0.05) is 30.3 Å². The van der Waals surface area contributed by atoms with E-state index in [0.717, 1.165) is 12.8 Å². The van der Waals surface area contributed by atoms with Crippen LogP contribution in [0.25, 0.3) is 0 Å². The lowest BCUT2D eigenvalue weighted by Crippen LogP contribution is -2.36. The predicted octanol–water partition coefficient (Wildman–Crippen LogP) is 1.95. The Balaban J connectivity index is 1.92. The third kappa shape index (κ3) is 5.29. The number of amides is 3. The van der Waals surface area contributed by atoms with Crippen molar-refractivity contribution in [3.8, 4) is 0 Å². The monoisotopic (exact) mass is 347 g/mol. The fourth-order valence-corrected chi connectivity index (χ4v) is 2.30. The topological polar surface area (TPSA) is 87.7 Å². The maximum atomic E-state index is 12.4. The molecule has 2 N–H and O–H groups in total. The molecule has 1 atom stereocenters. The maximum absolute atomic E-state index is 12.4. The fraction of sp³-hybridized carbons (Fsp3) is 0.500. The number of anilines is 1. The molecule has 1 aromatic rings. The lowest BCUT2D eigenvalue weighted by atomic mass is 10.1. The summed E-state index contributed by atoms with van der Waals surface area (Å²) in [6, 6.07) is 6.76. The van der Waals surface area contributed by atoms with Gasteiger partial charge in [-0.05, 0) is 51.8 Å². The van der Waals surface area contributed by atoms with Gasteiger partial charge in [-0.15, -0.1) is 0 Å². The van der Waals surface area contributed by atoms with E-state index in [1.807, 2.05) is 13.8 Å². The van der Waals surface area contributed by atoms with Crippen LogP contribution < -0.4 is 10.8 Å². The van der Waals surface area contributed by atoms with E-state index in [-0.39, 0.29) is 17.7 Å². The number of hydroxylamine groups is 1. The van der Waals surface area contributed by atoms with Crippen molar-refractivity contribution in [2.45, 2.75) is 39.7 Å². The van der Waals surface area contributed by atoms with E-state index in [1.54, 1.807) is 36.1 Å². The van der Waals surface area contributed by atoms with Crippen LogP contribution in [0, 0.1) is 5.92 Å². The van der Waals surface area contributed by atoms with Crippen molar-refractivity contribution in [1.82, 2.24) is 10.4 Å². The van der Waals surface area contributed by atoms with Crippen molar-refractivity contribution in [3.63, 3.8) is 0 Å². The first-order valence-corrected chi connectivity index (χ1v) is 8.62. The van der Waals surface area contributed by atoms with Gasteiger partial charge in [0.15, 0.2) is 6.10 Å². The maximum Gasteiger partial charge on any atom is 0.255 e. The Morgan fingerprint density at radius 1 is 1.24 bits per heavy atom. The van der Waals surface area contributed by atoms with Crippen LogP contribution >= 0.6 is 0 Å². The van der Waals surface area contributed by atoms with Crippen LogP contribution in [0.5, 0.6) is 0 Å². The lowest BCUT2D eigenvalue weighted by molar-refractivity contribution is -0.145. The molecule has 7 heteroatoms. The van der Waals surface area contributed by atoms with E-state index in [9.17, 15) is 14.4 Å². The van der Waals surface area contributed by atoms with E-state index in [2.05, 4.69) is 10.8 Å². The Kier molecular flexibility index (Phi) is 6.52. The van der Waals surface area contributed by atoms with Gasteiger partial charge in [0.05, 0.1) is 0 Å². The first-order valence-electron chi connectivity index (χ1n) is 8.62. The normalized spacial score (nSPS) is 14.5. The third-order valence-corrected chi connectivity index (χ3v) is 4.08. The smallest absolute Gasteiger partial charge is 0.255 e. The Morgan fingerprint density at radius 3 is 2.52 bits per heavy atom. The fourth-order valence-electron chi connectivity index (χ4n) is 2.30. The highest BCUT2D eigenvalue weighted by Gasteiger charge is 2.30. The van der Waals surface area contributed by atoms with Crippen LogP contribution in [0.15, 0.2) is 24.3 Å². The molecular weight excluding hydrogens is 322 g/mol. The highest BCUT2D eigenvalue weighted by Crippen LogP contribution is 2.28. The van der Waals surface area contributed by atoms with Crippen molar-refractivity contribution in [3.05, 3.63) is 29.8 Å².